The van der Waals surface area contributed by atoms with Gasteiger partial charge in [0, 0.05) is 37.2 Å². The van der Waals surface area contributed by atoms with Crippen LogP contribution < -0.4 is 16.6 Å². The third kappa shape index (κ3) is 2.71. The lowest BCUT2D eigenvalue weighted by Crippen LogP contribution is -2.28. The molecule has 1 aromatic rings. The molecule has 6 nitrogen and oxygen atoms in total. The lowest BCUT2D eigenvalue weighted by molar-refractivity contribution is 0.326. The maximum absolute atomic E-state index is 5.55. The summed E-state index contributed by atoms with van der Waals surface area (Å²) in [5, 5.41) is 3.58. The molecule has 2 fully saturated rings. The van der Waals surface area contributed by atoms with Crippen LogP contribution in [0.25, 0.3) is 0 Å². The molecule has 110 valence electrons. The van der Waals surface area contributed by atoms with Crippen LogP contribution in [0.5, 0.6) is 0 Å². The van der Waals surface area contributed by atoms with Crippen LogP contribution in [0.3, 0.4) is 0 Å². The van der Waals surface area contributed by atoms with Gasteiger partial charge in [0.2, 0.25) is 0 Å². The molecule has 2 aliphatic rings. The van der Waals surface area contributed by atoms with E-state index in [-0.39, 0.29) is 0 Å². The fraction of sp³-hybridized carbons (Fsp3) is 0.714. The number of nitrogens with two attached hydrogens (primary N) is 1. The molecule has 1 aromatic heterocycles. The second-order valence-electron chi connectivity index (χ2n) is 5.82. The molecule has 6 heteroatoms. The monoisotopic (exact) mass is 276 g/mol. The molecule has 4 N–H and O–H groups in total. The lowest BCUT2D eigenvalue weighted by Gasteiger charge is -2.18. The Morgan fingerprint density at radius 2 is 2.00 bits per heavy atom. The van der Waals surface area contributed by atoms with Gasteiger partial charge < -0.3 is 10.7 Å². The van der Waals surface area contributed by atoms with Crippen LogP contribution in [-0.2, 0) is 6.42 Å². The number of nitrogens with one attached hydrogen (secondary N) is 2. The van der Waals surface area contributed by atoms with E-state index in [0.29, 0.717) is 6.04 Å². The first kappa shape index (κ1) is 13.6. The van der Waals surface area contributed by atoms with Gasteiger partial charge in [-0.25, -0.2) is 15.8 Å². The van der Waals surface area contributed by atoms with Gasteiger partial charge in [-0.2, -0.15) is 0 Å². The van der Waals surface area contributed by atoms with E-state index in [1.165, 1.54) is 25.8 Å². The van der Waals surface area contributed by atoms with Gasteiger partial charge in [-0.15, -0.1) is 0 Å². The number of anilines is 2. The summed E-state index contributed by atoms with van der Waals surface area (Å²) in [6.07, 6.45) is 4.75. The number of likely N-dealkylation sites (tertiary alicyclic amines) is 1. The normalized spacial score (nSPS) is 23.1. The first-order valence-electron chi connectivity index (χ1n) is 7.56. The van der Waals surface area contributed by atoms with Crippen LogP contribution >= 0.6 is 0 Å². The summed E-state index contributed by atoms with van der Waals surface area (Å²) in [5.74, 6) is 8.01. The smallest absolute Gasteiger partial charge is 0.148 e. The van der Waals surface area contributed by atoms with E-state index < -0.39 is 0 Å². The topological polar surface area (TPSA) is 79.1 Å². The average Bonchev–Trinajstić information content (AvgIpc) is 3.21. The molecule has 0 bridgehead atoms. The zero-order valence-electron chi connectivity index (χ0n) is 12.3. The molecule has 0 aromatic carbocycles. The molecule has 0 amide bonds. The van der Waals surface area contributed by atoms with Crippen molar-refractivity contribution in [2.45, 2.75) is 51.6 Å². The van der Waals surface area contributed by atoms with Crippen molar-refractivity contribution < 1.29 is 0 Å². The second kappa shape index (κ2) is 5.54. The second-order valence-corrected chi connectivity index (χ2v) is 5.82. The summed E-state index contributed by atoms with van der Waals surface area (Å²) >= 11 is 0. The highest BCUT2D eigenvalue weighted by Crippen LogP contribution is 2.31. The van der Waals surface area contributed by atoms with Gasteiger partial charge in [-0.1, -0.05) is 6.92 Å². The molecule has 3 rings (SSSR count). The predicted octanol–water partition coefficient (Wildman–Crippen LogP) is 1.28. The Hall–Kier alpha value is -1.40. The van der Waals surface area contributed by atoms with Gasteiger partial charge in [0.05, 0.1) is 0 Å². The molecule has 20 heavy (non-hydrogen) atoms. The molecule has 1 atom stereocenters. The molecule has 1 saturated heterocycles. The van der Waals surface area contributed by atoms with E-state index in [4.69, 9.17) is 5.84 Å². The van der Waals surface area contributed by atoms with Crippen LogP contribution in [0, 0.1) is 6.92 Å². The molecule has 0 radical (unpaired) electrons. The molecule has 2 heterocycles. The zero-order valence-corrected chi connectivity index (χ0v) is 12.3. The number of hydrogen-bond acceptors (Lipinski definition) is 6. The third-order valence-corrected chi connectivity index (χ3v) is 4.27. The largest absolute Gasteiger partial charge is 0.366 e. The fourth-order valence-electron chi connectivity index (χ4n) is 2.87. The Morgan fingerprint density at radius 3 is 2.65 bits per heavy atom. The number of rotatable bonds is 5. The minimum atomic E-state index is 0.486. The quantitative estimate of drug-likeness (QED) is 0.555. The summed E-state index contributed by atoms with van der Waals surface area (Å²) in [6.45, 7) is 6.39. The Morgan fingerprint density at radius 1 is 1.25 bits per heavy atom. The number of hydrazine groups is 1. The first-order chi connectivity index (χ1) is 9.71. The Kier molecular flexibility index (Phi) is 3.76. The summed E-state index contributed by atoms with van der Waals surface area (Å²) in [6, 6.07) is 1.33. The molecule has 0 spiro atoms. The summed E-state index contributed by atoms with van der Waals surface area (Å²) in [4.78, 5) is 11.6. The van der Waals surface area contributed by atoms with E-state index in [2.05, 4.69) is 32.5 Å². The number of aryl methyl sites for hydroxylation is 1. The molecular formula is C14H24N6. The van der Waals surface area contributed by atoms with Gasteiger partial charge in [0.25, 0.3) is 0 Å². The van der Waals surface area contributed by atoms with Gasteiger partial charge in [0.15, 0.2) is 0 Å². The van der Waals surface area contributed by atoms with Crippen molar-refractivity contribution in [3.63, 3.8) is 0 Å². The molecule has 1 saturated carbocycles. The van der Waals surface area contributed by atoms with Crippen LogP contribution in [0.4, 0.5) is 11.6 Å². The summed E-state index contributed by atoms with van der Waals surface area (Å²) in [7, 11) is 0. The number of nitrogen functional groups attached to an aromatic ring is 1. The highest BCUT2D eigenvalue weighted by molar-refractivity contribution is 5.57. The van der Waals surface area contributed by atoms with Crippen molar-refractivity contribution in [1.29, 1.82) is 0 Å². The zero-order chi connectivity index (χ0) is 14.1. The van der Waals surface area contributed by atoms with Crippen LogP contribution in [0.15, 0.2) is 0 Å². The Labute approximate surface area is 120 Å². The van der Waals surface area contributed by atoms with E-state index in [0.717, 1.165) is 42.0 Å². The van der Waals surface area contributed by atoms with Crippen LogP contribution in [0.2, 0.25) is 0 Å². The van der Waals surface area contributed by atoms with Crippen molar-refractivity contribution >= 4 is 11.6 Å². The van der Waals surface area contributed by atoms with E-state index in [1.54, 1.807) is 0 Å². The summed E-state index contributed by atoms with van der Waals surface area (Å²) in [5.41, 5.74) is 3.67. The number of nitrogens with zero attached hydrogens (tertiary/aromatic N) is 3. The van der Waals surface area contributed by atoms with Gasteiger partial charge in [-0.05, 0) is 26.2 Å². The molecule has 1 unspecified atom stereocenters. The lowest BCUT2D eigenvalue weighted by atomic mass is 10.2. The van der Waals surface area contributed by atoms with Crippen molar-refractivity contribution in [2.24, 2.45) is 5.84 Å². The van der Waals surface area contributed by atoms with E-state index in [1.807, 2.05) is 6.92 Å². The van der Waals surface area contributed by atoms with Crippen LogP contribution in [-0.4, -0.2) is 40.0 Å². The Balaban J connectivity index is 1.72. The highest BCUT2D eigenvalue weighted by Gasteiger charge is 2.34. The molecule has 1 aliphatic carbocycles. The van der Waals surface area contributed by atoms with Crippen molar-refractivity contribution in [3.05, 3.63) is 11.4 Å². The van der Waals surface area contributed by atoms with Gasteiger partial charge in [0.1, 0.15) is 17.5 Å². The van der Waals surface area contributed by atoms with Gasteiger partial charge in [-0.3, -0.25) is 4.90 Å². The number of aromatic nitrogens is 2. The van der Waals surface area contributed by atoms with Gasteiger partial charge >= 0.3 is 0 Å². The fourth-order valence-corrected chi connectivity index (χ4v) is 2.87. The summed E-state index contributed by atoms with van der Waals surface area (Å²) < 4.78 is 0. The first-order valence-corrected chi connectivity index (χ1v) is 7.56. The predicted molar refractivity (Wildman–Crippen MR) is 80.6 cm³/mol. The van der Waals surface area contributed by atoms with Crippen molar-refractivity contribution in [1.82, 2.24) is 14.9 Å². The van der Waals surface area contributed by atoms with Crippen molar-refractivity contribution in [2.75, 3.05) is 23.8 Å². The van der Waals surface area contributed by atoms with Crippen LogP contribution in [0.1, 0.15) is 37.6 Å². The molecular weight excluding hydrogens is 252 g/mol. The molecule has 1 aliphatic heterocycles. The number of hydrogen-bond donors (Lipinski definition) is 3. The average molecular weight is 276 g/mol. The van der Waals surface area contributed by atoms with E-state index in [9.17, 15) is 0 Å². The SMILES string of the molecule is CCc1nc(NN)c(C)c(NC2CCN(C3CC3)C2)n1. The maximum Gasteiger partial charge on any atom is 0.148 e. The third-order valence-electron chi connectivity index (χ3n) is 4.27. The Bertz CT molecular complexity index is 485. The van der Waals surface area contributed by atoms with Crippen molar-refractivity contribution in [3.8, 4) is 0 Å². The highest BCUT2D eigenvalue weighted by atomic mass is 15.3. The minimum Gasteiger partial charge on any atom is -0.366 e. The maximum atomic E-state index is 5.55. The van der Waals surface area contributed by atoms with E-state index >= 15 is 0 Å². The standard InChI is InChI=1S/C14H24N6/c1-3-12-17-13(9(2)14(18-12)19-15)16-10-6-7-20(8-10)11-4-5-11/h10-11H,3-8,15H2,1-2H3,(H2,16,17,18,19). The minimum absolute atomic E-state index is 0.486.